The lowest BCUT2D eigenvalue weighted by atomic mass is 9.66. The molecule has 0 heterocycles. The van der Waals surface area contributed by atoms with E-state index >= 15 is 0 Å². The van der Waals surface area contributed by atoms with E-state index in [4.69, 9.17) is 4.43 Å². The third-order valence-electron chi connectivity index (χ3n) is 5.58. The Morgan fingerprint density at radius 3 is 2.43 bits per heavy atom. The van der Waals surface area contributed by atoms with Crippen LogP contribution in [0, 0.1) is 23.7 Å². The van der Waals surface area contributed by atoms with E-state index in [2.05, 4.69) is 47.0 Å². The molecule has 0 saturated heterocycles. The van der Waals surface area contributed by atoms with Crippen molar-refractivity contribution >= 4 is 14.1 Å². The van der Waals surface area contributed by atoms with Gasteiger partial charge in [0, 0.05) is 18.3 Å². The summed E-state index contributed by atoms with van der Waals surface area (Å²) in [5, 5.41) is 0. The van der Waals surface area contributed by atoms with Gasteiger partial charge in [-0.25, -0.2) is 0 Å². The molecular weight excluding hydrogens is 300 g/mol. The number of carbonyl (C=O) groups excluding carboxylic acids is 1. The van der Waals surface area contributed by atoms with Crippen molar-refractivity contribution in [2.45, 2.75) is 72.5 Å². The zero-order valence-corrected chi connectivity index (χ0v) is 16.9. The van der Waals surface area contributed by atoms with Crippen LogP contribution in [0.15, 0.2) is 23.5 Å². The monoisotopic (exact) mass is 334 g/mol. The van der Waals surface area contributed by atoms with E-state index in [-0.39, 0.29) is 11.8 Å². The summed E-state index contributed by atoms with van der Waals surface area (Å²) in [6, 6.07) is 0. The fourth-order valence-electron chi connectivity index (χ4n) is 4.18. The van der Waals surface area contributed by atoms with Gasteiger partial charge < -0.3 is 4.43 Å². The molecule has 2 aliphatic rings. The van der Waals surface area contributed by atoms with E-state index in [9.17, 15) is 4.79 Å². The molecule has 2 rings (SSSR count). The van der Waals surface area contributed by atoms with Crippen LogP contribution in [0.2, 0.25) is 19.6 Å². The smallest absolute Gasteiger partial charge is 0.241 e. The normalized spacial score (nSPS) is 32.9. The van der Waals surface area contributed by atoms with Gasteiger partial charge in [-0.05, 0) is 70.2 Å². The summed E-state index contributed by atoms with van der Waals surface area (Å²) >= 11 is 0. The summed E-state index contributed by atoms with van der Waals surface area (Å²) in [5.41, 5.74) is 2.58. The predicted octanol–water partition coefficient (Wildman–Crippen LogP) is 5.72. The Balaban J connectivity index is 2.33. The zero-order valence-electron chi connectivity index (χ0n) is 15.9. The van der Waals surface area contributed by atoms with Crippen LogP contribution < -0.4 is 0 Å². The molecule has 23 heavy (non-hydrogen) atoms. The number of allylic oxidation sites excluding steroid dienone is 3. The molecule has 0 aromatic rings. The van der Waals surface area contributed by atoms with Crippen molar-refractivity contribution in [3.05, 3.63) is 23.5 Å². The Morgan fingerprint density at radius 1 is 1.22 bits per heavy atom. The van der Waals surface area contributed by atoms with Crippen molar-refractivity contribution in [2.24, 2.45) is 23.7 Å². The summed E-state index contributed by atoms with van der Waals surface area (Å²) in [7, 11) is -1.63. The van der Waals surface area contributed by atoms with E-state index in [1.807, 2.05) is 0 Å². The van der Waals surface area contributed by atoms with Gasteiger partial charge in [0.2, 0.25) is 8.32 Å². The summed E-state index contributed by atoms with van der Waals surface area (Å²) in [6.07, 6.45) is 5.34. The van der Waals surface area contributed by atoms with Gasteiger partial charge in [-0.2, -0.15) is 0 Å². The van der Waals surface area contributed by atoms with Crippen LogP contribution in [-0.4, -0.2) is 14.1 Å². The molecule has 0 spiro atoms. The van der Waals surface area contributed by atoms with Crippen molar-refractivity contribution in [1.82, 2.24) is 0 Å². The molecule has 3 heteroatoms. The summed E-state index contributed by atoms with van der Waals surface area (Å²) in [4.78, 5) is 12.8. The fraction of sp³-hybridized carbons (Fsp3) is 0.750. The van der Waals surface area contributed by atoms with Crippen LogP contribution >= 0.6 is 0 Å². The van der Waals surface area contributed by atoms with Gasteiger partial charge in [-0.15, -0.1) is 0 Å². The van der Waals surface area contributed by atoms with Crippen LogP contribution in [-0.2, 0) is 9.22 Å². The van der Waals surface area contributed by atoms with E-state index in [1.165, 1.54) is 23.3 Å². The Bertz CT molecular complexity index is 512. The first-order valence-corrected chi connectivity index (χ1v) is 12.6. The molecule has 130 valence electrons. The summed E-state index contributed by atoms with van der Waals surface area (Å²) in [6.45, 7) is 17.3. The average molecular weight is 335 g/mol. The number of ketones is 1. The number of carbonyl (C=O) groups is 1. The predicted molar refractivity (Wildman–Crippen MR) is 99.7 cm³/mol. The first-order chi connectivity index (χ1) is 10.6. The average Bonchev–Trinajstić information content (AvgIpc) is 2.43. The molecule has 0 aliphatic heterocycles. The van der Waals surface area contributed by atoms with Crippen molar-refractivity contribution < 1.29 is 9.22 Å². The largest absolute Gasteiger partial charge is 0.547 e. The second-order valence-corrected chi connectivity index (χ2v) is 13.2. The van der Waals surface area contributed by atoms with Crippen LogP contribution in [0.1, 0.15) is 52.9 Å². The third kappa shape index (κ3) is 4.37. The molecule has 1 fully saturated rings. The molecule has 0 bridgehead atoms. The minimum absolute atomic E-state index is 0.195. The van der Waals surface area contributed by atoms with E-state index in [0.717, 1.165) is 25.7 Å². The van der Waals surface area contributed by atoms with Gasteiger partial charge >= 0.3 is 0 Å². The zero-order chi connectivity index (χ0) is 17.4. The molecule has 4 atom stereocenters. The van der Waals surface area contributed by atoms with E-state index in [0.29, 0.717) is 17.6 Å². The Morgan fingerprint density at radius 2 is 1.87 bits per heavy atom. The second kappa shape index (κ2) is 6.96. The highest BCUT2D eigenvalue weighted by atomic mass is 28.4. The summed E-state index contributed by atoms with van der Waals surface area (Å²) < 4.78 is 6.42. The maximum absolute atomic E-state index is 12.8. The molecule has 0 aromatic carbocycles. The van der Waals surface area contributed by atoms with Gasteiger partial charge in [-0.3, -0.25) is 4.79 Å². The van der Waals surface area contributed by atoms with Gasteiger partial charge in [0.25, 0.3) is 0 Å². The first kappa shape index (κ1) is 18.5. The lowest BCUT2D eigenvalue weighted by molar-refractivity contribution is -0.130. The van der Waals surface area contributed by atoms with E-state index < -0.39 is 8.32 Å². The van der Waals surface area contributed by atoms with Gasteiger partial charge in [0.1, 0.15) is 5.78 Å². The maximum Gasteiger partial charge on any atom is 0.241 e. The van der Waals surface area contributed by atoms with Crippen molar-refractivity contribution in [2.75, 3.05) is 0 Å². The highest BCUT2D eigenvalue weighted by molar-refractivity contribution is 6.70. The quantitative estimate of drug-likeness (QED) is 0.485. The van der Waals surface area contributed by atoms with Crippen LogP contribution in [0.25, 0.3) is 0 Å². The Kier molecular flexibility index (Phi) is 5.60. The minimum Gasteiger partial charge on any atom is -0.547 e. The minimum atomic E-state index is -1.63. The van der Waals surface area contributed by atoms with Crippen molar-refractivity contribution in [3.63, 3.8) is 0 Å². The van der Waals surface area contributed by atoms with Crippen LogP contribution in [0.4, 0.5) is 0 Å². The molecule has 0 unspecified atom stereocenters. The molecule has 2 nitrogen and oxygen atoms in total. The summed E-state index contributed by atoms with van der Waals surface area (Å²) in [5.74, 6) is 2.89. The molecular formula is C20H34O2Si. The Labute approximate surface area is 143 Å². The van der Waals surface area contributed by atoms with Crippen LogP contribution in [0.3, 0.4) is 0 Å². The number of hydrogen-bond donors (Lipinski definition) is 0. The van der Waals surface area contributed by atoms with Gasteiger partial charge in [-0.1, -0.05) is 25.5 Å². The standard InChI is InChI=1S/C20H34O2Si/c1-13(2)16-11-18(17-10-8-9-14(3)20(17)21)15(4)19(12-16)22-23(5,6)7/h14,16-18H,1,8-12H2,2-7H3/t14-,16+,17-,18+/m0/s1. The number of Topliss-reactive ketones (excluding diaryl/α,β-unsaturated/α-hetero) is 1. The number of rotatable bonds is 4. The Hall–Kier alpha value is -0.833. The fourth-order valence-corrected chi connectivity index (χ4v) is 5.17. The lowest BCUT2D eigenvalue weighted by Crippen LogP contribution is -2.37. The SMILES string of the molecule is C=C(C)[C@H]1CC(O[Si](C)(C)C)=C(C)[C@H]([C@@H]2CCC[C@H](C)C2=O)C1. The lowest BCUT2D eigenvalue weighted by Gasteiger charge is -2.40. The van der Waals surface area contributed by atoms with Crippen molar-refractivity contribution in [3.8, 4) is 0 Å². The second-order valence-electron chi connectivity index (χ2n) is 8.75. The molecule has 0 amide bonds. The maximum atomic E-state index is 12.8. The first-order valence-electron chi connectivity index (χ1n) is 9.18. The molecule has 2 aliphatic carbocycles. The molecule has 1 saturated carbocycles. The number of hydrogen-bond acceptors (Lipinski definition) is 2. The van der Waals surface area contributed by atoms with Crippen molar-refractivity contribution in [1.29, 1.82) is 0 Å². The molecule has 0 radical (unpaired) electrons. The molecule has 0 N–H and O–H groups in total. The van der Waals surface area contributed by atoms with Gasteiger partial charge in [0.15, 0.2) is 0 Å². The topological polar surface area (TPSA) is 26.3 Å². The van der Waals surface area contributed by atoms with E-state index in [1.54, 1.807) is 0 Å². The van der Waals surface area contributed by atoms with Crippen LogP contribution in [0.5, 0.6) is 0 Å². The van der Waals surface area contributed by atoms with Gasteiger partial charge in [0.05, 0.1) is 5.76 Å². The highest BCUT2D eigenvalue weighted by Gasteiger charge is 2.40. The molecule has 0 aromatic heterocycles. The third-order valence-corrected chi connectivity index (χ3v) is 6.44. The highest BCUT2D eigenvalue weighted by Crippen LogP contribution is 2.45.